The first kappa shape index (κ1) is 6.87. The molecule has 3 heteroatoms. The average Bonchev–Trinajstić information content (AvgIpc) is 1.72. The van der Waals surface area contributed by atoms with Gasteiger partial charge in [-0.3, -0.25) is 0 Å². The van der Waals surface area contributed by atoms with Crippen LogP contribution in [0.25, 0.3) is 0 Å². The molecule has 0 fully saturated rings. The van der Waals surface area contributed by atoms with Crippen molar-refractivity contribution in [2.45, 2.75) is 12.2 Å². The highest BCUT2D eigenvalue weighted by atomic mass is 27.2. The van der Waals surface area contributed by atoms with Crippen LogP contribution in [0.2, 0.25) is 5.28 Å². The normalized spacial score (nSPS) is 7.57. The van der Waals surface area contributed by atoms with Crippen LogP contribution in [0, 0.1) is 0 Å². The van der Waals surface area contributed by atoms with Crippen LogP contribution in [0.4, 0.5) is 0 Å². The maximum Gasteiger partial charge on any atom is 0.450 e. The first-order valence-corrected chi connectivity index (χ1v) is 4.40. The molecule has 0 aromatic heterocycles. The summed E-state index contributed by atoms with van der Waals surface area (Å²) in [6, 6.07) is 0. The average molecular weight is 114 g/mol. The Labute approximate surface area is 46.9 Å². The van der Waals surface area contributed by atoms with Crippen molar-refractivity contribution in [3.8, 4) is 0 Å². The van der Waals surface area contributed by atoms with E-state index < -0.39 is 14.1 Å². The molecule has 38 valence electrons. The number of carbonyl (C=O) groups is 2. The first-order chi connectivity index (χ1) is 3.35. The van der Waals surface area contributed by atoms with E-state index in [1.807, 2.05) is 6.92 Å². The minimum Gasteiger partial charge on any atom is -0.324 e. The van der Waals surface area contributed by atoms with E-state index >= 15 is 0 Å². The van der Waals surface area contributed by atoms with Crippen molar-refractivity contribution in [3.63, 3.8) is 0 Å². The van der Waals surface area contributed by atoms with E-state index in [4.69, 9.17) is 0 Å². The van der Waals surface area contributed by atoms with Gasteiger partial charge in [-0.05, 0) is 0 Å². The fraction of sp³-hybridized carbons (Fsp3) is 0.500. The summed E-state index contributed by atoms with van der Waals surface area (Å²) in [6.07, 6.45) is 0. The number of carbonyl (C=O) groups excluding carboxylic acids is 2. The second kappa shape index (κ2) is 4.04. The predicted octanol–water partition coefficient (Wildman–Crippen LogP) is 0.0449. The Kier molecular flexibility index (Phi) is 3.97. The molecular weight excluding hydrogens is 107 g/mol. The topological polar surface area (TPSA) is 34.1 Å². The Hall–Kier alpha value is -0.128. The SMILES string of the molecule is C[CH2][Al]([CH]=O)[CH]=O. The van der Waals surface area contributed by atoms with Crippen LogP contribution in [-0.4, -0.2) is 24.4 Å². The smallest absolute Gasteiger partial charge is 0.324 e. The van der Waals surface area contributed by atoms with Gasteiger partial charge >= 0.3 is 14.1 Å². The minimum atomic E-state index is -1.53. The Bertz CT molecular complexity index is 64.1. The van der Waals surface area contributed by atoms with Gasteiger partial charge in [0.25, 0.3) is 0 Å². The molecule has 0 radical (unpaired) electrons. The summed E-state index contributed by atoms with van der Waals surface area (Å²) in [7, 11) is 0. The molecule has 0 aromatic carbocycles. The Balaban J connectivity index is 3.36. The molecule has 0 unspecified atom stereocenters. The molecule has 0 N–H and O–H groups in total. The molecule has 0 aliphatic carbocycles. The molecule has 0 spiro atoms. The van der Waals surface area contributed by atoms with Gasteiger partial charge in [-0.25, -0.2) is 0 Å². The van der Waals surface area contributed by atoms with Crippen molar-refractivity contribution in [2.75, 3.05) is 0 Å². The molecule has 0 aromatic rings. The van der Waals surface area contributed by atoms with Gasteiger partial charge in [0, 0.05) is 0 Å². The van der Waals surface area contributed by atoms with Crippen molar-refractivity contribution in [2.24, 2.45) is 0 Å². The second-order valence-corrected chi connectivity index (χ2v) is 4.03. The highest BCUT2D eigenvalue weighted by Gasteiger charge is 2.11. The zero-order valence-electron chi connectivity index (χ0n) is 4.26. The van der Waals surface area contributed by atoms with Crippen molar-refractivity contribution >= 4 is 24.4 Å². The molecule has 7 heavy (non-hydrogen) atoms. The van der Waals surface area contributed by atoms with Crippen molar-refractivity contribution in [3.05, 3.63) is 0 Å². The number of hydrogen-bond donors (Lipinski definition) is 0. The third kappa shape index (κ3) is 2.55. The fourth-order valence-electron chi connectivity index (χ4n) is 0.225. The molecule has 0 bridgehead atoms. The van der Waals surface area contributed by atoms with E-state index in [1.54, 1.807) is 0 Å². The zero-order chi connectivity index (χ0) is 5.70. The lowest BCUT2D eigenvalue weighted by atomic mass is 11.0. The summed E-state index contributed by atoms with van der Waals surface area (Å²) in [5.74, 6) is 0. The Morgan fingerprint density at radius 3 is 1.86 bits per heavy atom. The third-order valence-electron chi connectivity index (χ3n) is 0.821. The Morgan fingerprint density at radius 2 is 1.86 bits per heavy atom. The lowest BCUT2D eigenvalue weighted by Gasteiger charge is -1.78. The first-order valence-electron chi connectivity index (χ1n) is 2.25. The highest BCUT2D eigenvalue weighted by molar-refractivity contribution is 7.03. The van der Waals surface area contributed by atoms with Crippen molar-refractivity contribution in [1.82, 2.24) is 0 Å². The molecule has 2 nitrogen and oxygen atoms in total. The van der Waals surface area contributed by atoms with Gasteiger partial charge in [-0.2, -0.15) is 0 Å². The number of hydrogen-bond acceptors (Lipinski definition) is 2. The molecular formula is C4H7AlO2. The summed E-state index contributed by atoms with van der Waals surface area (Å²) in [6.45, 7) is 1.86. The second-order valence-electron chi connectivity index (χ2n) is 1.34. The van der Waals surface area contributed by atoms with Crippen LogP contribution < -0.4 is 0 Å². The van der Waals surface area contributed by atoms with Gasteiger partial charge in [-0.15, -0.1) is 0 Å². The van der Waals surface area contributed by atoms with Crippen LogP contribution in [0.1, 0.15) is 6.92 Å². The van der Waals surface area contributed by atoms with Gasteiger partial charge in [0.15, 0.2) is 0 Å². The lowest BCUT2D eigenvalue weighted by Crippen LogP contribution is -2.14. The fourth-order valence-corrected chi connectivity index (χ4v) is 0.674. The highest BCUT2D eigenvalue weighted by Crippen LogP contribution is 1.78. The van der Waals surface area contributed by atoms with E-state index in [0.29, 0.717) is 0 Å². The third-order valence-corrected chi connectivity index (χ3v) is 2.46. The summed E-state index contributed by atoms with van der Waals surface area (Å²) < 4.78 is 0. The van der Waals surface area contributed by atoms with E-state index in [0.717, 1.165) is 15.6 Å². The summed E-state index contributed by atoms with van der Waals surface area (Å²) >= 11 is -1.53. The maximum absolute atomic E-state index is 9.80. The van der Waals surface area contributed by atoms with Crippen LogP contribution in [-0.2, 0) is 9.59 Å². The molecule has 0 aliphatic rings. The van der Waals surface area contributed by atoms with Gasteiger partial charge in [0.1, 0.15) is 0 Å². The molecule has 0 aliphatic heterocycles. The van der Waals surface area contributed by atoms with Gasteiger partial charge in [0.05, 0.1) is 10.3 Å². The van der Waals surface area contributed by atoms with Gasteiger partial charge in [-0.1, -0.05) is 12.2 Å². The largest absolute Gasteiger partial charge is 0.450 e. The molecule has 0 heterocycles. The zero-order valence-corrected chi connectivity index (χ0v) is 5.41. The van der Waals surface area contributed by atoms with Crippen LogP contribution in [0.5, 0.6) is 0 Å². The van der Waals surface area contributed by atoms with Crippen LogP contribution in [0.3, 0.4) is 0 Å². The van der Waals surface area contributed by atoms with E-state index in [-0.39, 0.29) is 0 Å². The van der Waals surface area contributed by atoms with Gasteiger partial charge < -0.3 is 9.59 Å². The summed E-state index contributed by atoms with van der Waals surface area (Å²) in [5, 5.41) is 2.35. The quantitative estimate of drug-likeness (QED) is 0.383. The van der Waals surface area contributed by atoms with Gasteiger partial charge in [0.2, 0.25) is 0 Å². The van der Waals surface area contributed by atoms with Crippen molar-refractivity contribution < 1.29 is 9.59 Å². The molecule has 0 amide bonds. The minimum absolute atomic E-state index is 0.757. The molecule has 0 saturated carbocycles. The molecule has 0 saturated heterocycles. The standard InChI is InChI=1S/C2H5.2CHO.Al/c3*1-2;/h1H2,2H3;2*1H;. The van der Waals surface area contributed by atoms with Crippen molar-refractivity contribution in [1.29, 1.82) is 0 Å². The summed E-state index contributed by atoms with van der Waals surface area (Å²) in [5.41, 5.74) is 0. The Morgan fingerprint density at radius 1 is 1.43 bits per heavy atom. The molecule has 0 atom stereocenters. The molecule has 0 rings (SSSR count). The van der Waals surface area contributed by atoms with E-state index in [2.05, 4.69) is 0 Å². The van der Waals surface area contributed by atoms with Crippen LogP contribution >= 0.6 is 0 Å². The monoisotopic (exact) mass is 114 g/mol. The summed E-state index contributed by atoms with van der Waals surface area (Å²) in [4.78, 5) is 19.6. The van der Waals surface area contributed by atoms with Crippen LogP contribution in [0.15, 0.2) is 0 Å². The van der Waals surface area contributed by atoms with E-state index in [1.165, 1.54) is 0 Å². The lowest BCUT2D eigenvalue weighted by molar-refractivity contribution is 0.563. The predicted molar refractivity (Wildman–Crippen MR) is 29.7 cm³/mol. The van der Waals surface area contributed by atoms with E-state index in [9.17, 15) is 9.59 Å². The maximum atomic E-state index is 9.80. The number of rotatable bonds is 3.